The Morgan fingerprint density at radius 1 is 1.00 bits per heavy atom. The highest BCUT2D eigenvalue weighted by atomic mass is 79.9. The van der Waals surface area contributed by atoms with Crippen molar-refractivity contribution >= 4 is 26.7 Å². The number of benzene rings is 2. The molecule has 0 radical (unpaired) electrons. The summed E-state index contributed by atoms with van der Waals surface area (Å²) in [7, 11) is 0. The van der Waals surface area contributed by atoms with Crippen LogP contribution in [-0.4, -0.2) is 0 Å². The van der Waals surface area contributed by atoms with E-state index in [1.54, 1.807) is 0 Å². The molecule has 0 saturated carbocycles. The van der Waals surface area contributed by atoms with Crippen molar-refractivity contribution in [2.75, 3.05) is 0 Å². The first kappa shape index (κ1) is 13.6. The summed E-state index contributed by atoms with van der Waals surface area (Å²) in [6.07, 6.45) is 2.22. The van der Waals surface area contributed by atoms with Gasteiger partial charge in [-0.05, 0) is 41.2 Å². The van der Waals surface area contributed by atoms with Gasteiger partial charge >= 0.3 is 0 Å². The van der Waals surface area contributed by atoms with Crippen molar-refractivity contribution in [3.05, 3.63) is 46.4 Å². The Morgan fingerprint density at radius 2 is 1.67 bits per heavy atom. The van der Waals surface area contributed by atoms with E-state index >= 15 is 0 Å². The minimum absolute atomic E-state index is 0.130. The van der Waals surface area contributed by atoms with E-state index in [2.05, 4.69) is 66.2 Å². The van der Waals surface area contributed by atoms with Crippen molar-refractivity contribution in [1.29, 1.82) is 0 Å². The van der Waals surface area contributed by atoms with Crippen LogP contribution >= 0.6 is 15.9 Å². The molecule has 0 aromatic heterocycles. The molecule has 0 bridgehead atoms. The van der Waals surface area contributed by atoms with Gasteiger partial charge in [-0.25, -0.2) is 0 Å². The van der Waals surface area contributed by atoms with Gasteiger partial charge in [0.05, 0.1) is 0 Å². The van der Waals surface area contributed by atoms with Gasteiger partial charge in [0, 0.05) is 10.5 Å². The first-order valence-corrected chi connectivity index (χ1v) is 7.31. The average molecular weight is 306 g/mol. The quantitative estimate of drug-likeness (QED) is 0.841. The van der Waals surface area contributed by atoms with Gasteiger partial charge in [0.15, 0.2) is 0 Å². The molecule has 1 unspecified atom stereocenters. The van der Waals surface area contributed by atoms with Gasteiger partial charge in [0.1, 0.15) is 0 Å². The molecule has 1 nitrogen and oxygen atoms in total. The molecule has 0 heterocycles. The number of nitrogens with two attached hydrogens (primary N) is 1. The predicted octanol–water partition coefficient (Wildman–Crippen LogP) is 5.04. The molecular weight excluding hydrogens is 286 g/mol. The minimum Gasteiger partial charge on any atom is -0.324 e. The van der Waals surface area contributed by atoms with Crippen LogP contribution in [0.5, 0.6) is 0 Å². The van der Waals surface area contributed by atoms with Gasteiger partial charge < -0.3 is 5.73 Å². The number of halogens is 1. The third kappa shape index (κ3) is 2.93. The second-order valence-electron chi connectivity index (χ2n) is 5.26. The fraction of sp³-hybridized carbons (Fsp3) is 0.375. The summed E-state index contributed by atoms with van der Waals surface area (Å²) in [6.45, 7) is 4.48. The molecule has 2 heteroatoms. The molecule has 2 aromatic rings. The summed E-state index contributed by atoms with van der Waals surface area (Å²) in [5.41, 5.74) is 7.60. The summed E-state index contributed by atoms with van der Waals surface area (Å²) in [6, 6.07) is 12.8. The second-order valence-corrected chi connectivity index (χ2v) is 6.11. The van der Waals surface area contributed by atoms with E-state index in [1.807, 2.05) is 0 Å². The van der Waals surface area contributed by atoms with Gasteiger partial charge in [-0.1, -0.05) is 60.1 Å². The maximum atomic E-state index is 6.34. The Labute approximate surface area is 118 Å². The van der Waals surface area contributed by atoms with Crippen LogP contribution in [0, 0.1) is 5.92 Å². The van der Waals surface area contributed by atoms with Gasteiger partial charge in [0.25, 0.3) is 0 Å². The molecule has 0 spiro atoms. The van der Waals surface area contributed by atoms with Crippen LogP contribution < -0.4 is 5.73 Å². The fourth-order valence-corrected chi connectivity index (χ4v) is 2.76. The molecule has 2 N–H and O–H groups in total. The lowest BCUT2D eigenvalue weighted by Crippen LogP contribution is -2.11. The first-order chi connectivity index (χ1) is 8.59. The van der Waals surface area contributed by atoms with Crippen LogP contribution in [0.3, 0.4) is 0 Å². The van der Waals surface area contributed by atoms with E-state index in [4.69, 9.17) is 5.73 Å². The third-order valence-corrected chi connectivity index (χ3v) is 4.05. The second kappa shape index (κ2) is 5.85. The average Bonchev–Trinajstić information content (AvgIpc) is 2.37. The molecule has 1 atom stereocenters. The molecule has 0 fully saturated rings. The topological polar surface area (TPSA) is 26.0 Å². The third-order valence-electron chi connectivity index (χ3n) is 3.36. The van der Waals surface area contributed by atoms with Gasteiger partial charge in [0.2, 0.25) is 0 Å². The van der Waals surface area contributed by atoms with E-state index in [-0.39, 0.29) is 6.04 Å². The molecular formula is C16H20BrN. The highest BCUT2D eigenvalue weighted by molar-refractivity contribution is 9.10. The molecule has 0 aliphatic heterocycles. The summed E-state index contributed by atoms with van der Waals surface area (Å²) in [5, 5.41) is 2.51. The van der Waals surface area contributed by atoms with Crippen molar-refractivity contribution < 1.29 is 0 Å². The molecule has 18 heavy (non-hydrogen) atoms. The summed E-state index contributed by atoms with van der Waals surface area (Å²) < 4.78 is 1.14. The summed E-state index contributed by atoms with van der Waals surface area (Å²) >= 11 is 3.60. The number of hydrogen-bond donors (Lipinski definition) is 1. The van der Waals surface area contributed by atoms with Crippen LogP contribution in [0.4, 0.5) is 0 Å². The fourth-order valence-electron chi connectivity index (χ4n) is 2.28. The summed E-state index contributed by atoms with van der Waals surface area (Å²) in [5.74, 6) is 0.706. The number of rotatable bonds is 4. The molecule has 0 amide bonds. The SMILES string of the molecule is CC(C)CCC(N)c1ccc(Br)c2ccccc12. The molecule has 2 aromatic carbocycles. The van der Waals surface area contributed by atoms with Crippen LogP contribution in [0.2, 0.25) is 0 Å². The van der Waals surface area contributed by atoms with E-state index in [1.165, 1.54) is 22.8 Å². The number of fused-ring (bicyclic) bond motifs is 1. The van der Waals surface area contributed by atoms with E-state index in [9.17, 15) is 0 Å². The standard InChI is InChI=1S/C16H20BrN/c1-11(2)7-10-16(18)14-8-9-15(17)13-6-4-3-5-12(13)14/h3-6,8-9,11,16H,7,10,18H2,1-2H3. The Balaban J connectivity index is 2.36. The zero-order chi connectivity index (χ0) is 13.1. The Kier molecular flexibility index (Phi) is 4.41. The van der Waals surface area contributed by atoms with Crippen LogP contribution in [0.15, 0.2) is 40.9 Å². The lowest BCUT2D eigenvalue weighted by Gasteiger charge is -2.16. The molecule has 2 rings (SSSR count). The van der Waals surface area contributed by atoms with Gasteiger partial charge in [-0.15, -0.1) is 0 Å². The van der Waals surface area contributed by atoms with Gasteiger partial charge in [-0.2, -0.15) is 0 Å². The maximum Gasteiger partial charge on any atom is 0.0301 e. The molecule has 0 aliphatic carbocycles. The predicted molar refractivity (Wildman–Crippen MR) is 82.6 cm³/mol. The van der Waals surface area contributed by atoms with Crippen LogP contribution in [0.1, 0.15) is 38.3 Å². The molecule has 0 saturated heterocycles. The first-order valence-electron chi connectivity index (χ1n) is 6.52. The smallest absolute Gasteiger partial charge is 0.0301 e. The Morgan fingerprint density at radius 3 is 2.33 bits per heavy atom. The van der Waals surface area contributed by atoms with Crippen LogP contribution in [0.25, 0.3) is 10.8 Å². The highest BCUT2D eigenvalue weighted by Crippen LogP contribution is 2.31. The van der Waals surface area contributed by atoms with Crippen molar-refractivity contribution in [3.8, 4) is 0 Å². The highest BCUT2D eigenvalue weighted by Gasteiger charge is 2.11. The van der Waals surface area contributed by atoms with Crippen molar-refractivity contribution in [2.45, 2.75) is 32.7 Å². The largest absolute Gasteiger partial charge is 0.324 e. The van der Waals surface area contributed by atoms with E-state index in [0.29, 0.717) is 5.92 Å². The lowest BCUT2D eigenvalue weighted by molar-refractivity contribution is 0.508. The van der Waals surface area contributed by atoms with Crippen LogP contribution in [-0.2, 0) is 0 Å². The van der Waals surface area contributed by atoms with Gasteiger partial charge in [-0.3, -0.25) is 0 Å². The molecule has 96 valence electrons. The van der Waals surface area contributed by atoms with E-state index < -0.39 is 0 Å². The van der Waals surface area contributed by atoms with E-state index in [0.717, 1.165) is 10.9 Å². The lowest BCUT2D eigenvalue weighted by atomic mass is 9.94. The normalized spacial score (nSPS) is 13.2. The maximum absolute atomic E-state index is 6.34. The number of hydrogen-bond acceptors (Lipinski definition) is 1. The zero-order valence-electron chi connectivity index (χ0n) is 11.0. The zero-order valence-corrected chi connectivity index (χ0v) is 12.6. The summed E-state index contributed by atoms with van der Waals surface area (Å²) in [4.78, 5) is 0. The Bertz CT molecular complexity index is 534. The monoisotopic (exact) mass is 305 g/mol. The Hall–Kier alpha value is -0.860. The van der Waals surface area contributed by atoms with Crippen molar-refractivity contribution in [2.24, 2.45) is 11.7 Å². The molecule has 0 aliphatic rings. The minimum atomic E-state index is 0.130. The van der Waals surface area contributed by atoms with Crippen molar-refractivity contribution in [3.63, 3.8) is 0 Å². The van der Waals surface area contributed by atoms with Crippen molar-refractivity contribution in [1.82, 2.24) is 0 Å².